The number of primary amides is 1. The number of unbranched alkanes of at least 4 members (excludes halogenated alkanes) is 2. The van der Waals surface area contributed by atoms with E-state index in [0.29, 0.717) is 13.0 Å². The second-order valence-corrected chi connectivity index (χ2v) is 2.80. The Bertz CT molecular complexity index is 142. The highest BCUT2D eigenvalue weighted by atomic mass is 16.2. The highest BCUT2D eigenvalue weighted by Gasteiger charge is 1.94. The van der Waals surface area contributed by atoms with Gasteiger partial charge in [0.15, 0.2) is 0 Å². The maximum Gasteiger partial charge on any atom is 0.312 e. The smallest absolute Gasteiger partial charge is 0.312 e. The Morgan fingerprint density at radius 2 is 1.33 bits per heavy atom. The van der Waals surface area contributed by atoms with Crippen LogP contribution in [0.1, 0.15) is 74.1 Å². The van der Waals surface area contributed by atoms with E-state index in [4.69, 9.17) is 5.73 Å². The fourth-order valence-corrected chi connectivity index (χ4v) is 0.887. The minimum absolute atomic E-state index is 0.220. The first-order valence-electron chi connectivity index (χ1n) is 7.15. The number of carbonyl (C=O) groups excluding carboxylic acids is 2. The molecule has 0 saturated carbocycles. The SMILES string of the molecule is CC.CC.CC.CC(=O)CCCCCNC(N)=O. The topological polar surface area (TPSA) is 72.2 Å². The summed E-state index contributed by atoms with van der Waals surface area (Å²) in [4.78, 5) is 20.7. The molecule has 3 N–H and O–H groups in total. The van der Waals surface area contributed by atoms with E-state index in [9.17, 15) is 9.59 Å². The van der Waals surface area contributed by atoms with Gasteiger partial charge in [0.25, 0.3) is 0 Å². The summed E-state index contributed by atoms with van der Waals surface area (Å²) in [5.41, 5.74) is 4.85. The van der Waals surface area contributed by atoms with E-state index in [1.807, 2.05) is 41.5 Å². The summed E-state index contributed by atoms with van der Waals surface area (Å²) < 4.78 is 0. The van der Waals surface area contributed by atoms with Crippen molar-refractivity contribution in [3.8, 4) is 0 Å². The molecule has 2 amide bonds. The molecule has 0 spiro atoms. The summed E-state index contributed by atoms with van der Waals surface area (Å²) in [6.45, 7) is 14.2. The van der Waals surface area contributed by atoms with Crippen LogP contribution >= 0.6 is 0 Å². The van der Waals surface area contributed by atoms with Crippen LogP contribution in [0.5, 0.6) is 0 Å². The summed E-state index contributed by atoms with van der Waals surface area (Å²) in [6.07, 6.45) is 3.38. The molecule has 0 unspecified atom stereocenters. The van der Waals surface area contributed by atoms with Crippen molar-refractivity contribution in [2.45, 2.75) is 74.1 Å². The minimum Gasteiger partial charge on any atom is -0.352 e. The van der Waals surface area contributed by atoms with E-state index >= 15 is 0 Å². The molecule has 0 aliphatic rings. The number of amides is 2. The maximum atomic E-state index is 10.5. The van der Waals surface area contributed by atoms with Gasteiger partial charge in [0.2, 0.25) is 0 Å². The number of Topliss-reactive ketones (excluding diaryl/α,β-unsaturated/α-hetero) is 1. The molecule has 112 valence electrons. The van der Waals surface area contributed by atoms with Crippen LogP contribution in [0.2, 0.25) is 0 Å². The van der Waals surface area contributed by atoms with E-state index in [1.165, 1.54) is 0 Å². The summed E-state index contributed by atoms with van der Waals surface area (Å²) in [6, 6.07) is -0.485. The number of urea groups is 1. The van der Waals surface area contributed by atoms with Crippen LogP contribution in [-0.4, -0.2) is 18.4 Å². The molecule has 0 aliphatic heterocycles. The van der Waals surface area contributed by atoms with Crippen LogP contribution in [0.3, 0.4) is 0 Å². The molecule has 0 bridgehead atoms. The number of carbonyl (C=O) groups is 2. The fourth-order valence-electron chi connectivity index (χ4n) is 0.887. The number of rotatable bonds is 6. The van der Waals surface area contributed by atoms with E-state index in [1.54, 1.807) is 6.92 Å². The molecular weight excluding hydrogens is 228 g/mol. The van der Waals surface area contributed by atoms with Crippen molar-refractivity contribution >= 4 is 11.8 Å². The van der Waals surface area contributed by atoms with Gasteiger partial charge in [0.05, 0.1) is 0 Å². The van der Waals surface area contributed by atoms with Crippen molar-refractivity contribution in [2.75, 3.05) is 6.54 Å². The first kappa shape index (κ1) is 25.7. The standard InChI is InChI=1S/C8H16N2O2.3C2H6/c1-7(11)5-3-2-4-6-10-8(9)12;3*1-2/h2-6H2,1H3,(H3,9,10,12);3*1-2H3. The molecule has 0 aromatic carbocycles. The zero-order valence-electron chi connectivity index (χ0n) is 13.4. The molecule has 0 aliphatic carbocycles. The number of hydrogen-bond donors (Lipinski definition) is 2. The van der Waals surface area contributed by atoms with Crippen LogP contribution < -0.4 is 11.1 Å². The lowest BCUT2D eigenvalue weighted by Gasteiger charge is -2.00. The maximum absolute atomic E-state index is 10.5. The van der Waals surface area contributed by atoms with Gasteiger partial charge in [0, 0.05) is 13.0 Å². The molecule has 4 heteroatoms. The number of nitrogens with one attached hydrogen (secondary N) is 1. The minimum atomic E-state index is -0.485. The van der Waals surface area contributed by atoms with Crippen molar-refractivity contribution in [1.82, 2.24) is 5.32 Å². The summed E-state index contributed by atoms with van der Waals surface area (Å²) in [5, 5.41) is 2.49. The Kier molecular flexibility index (Phi) is 42.5. The van der Waals surface area contributed by atoms with E-state index in [-0.39, 0.29) is 5.78 Å². The van der Waals surface area contributed by atoms with E-state index in [2.05, 4.69) is 5.32 Å². The van der Waals surface area contributed by atoms with Gasteiger partial charge in [-0.05, 0) is 19.8 Å². The molecule has 0 saturated heterocycles. The molecule has 0 fully saturated rings. The van der Waals surface area contributed by atoms with Crippen molar-refractivity contribution in [3.63, 3.8) is 0 Å². The normalized spacial score (nSPS) is 7.28. The van der Waals surface area contributed by atoms with Gasteiger partial charge in [-0.1, -0.05) is 48.0 Å². The van der Waals surface area contributed by atoms with Crippen LogP contribution in [0, 0.1) is 0 Å². The molecule has 0 radical (unpaired) electrons. The Labute approximate surface area is 114 Å². The fraction of sp³-hybridized carbons (Fsp3) is 0.857. The zero-order valence-corrected chi connectivity index (χ0v) is 13.4. The Morgan fingerprint density at radius 3 is 1.67 bits per heavy atom. The summed E-state index contributed by atoms with van der Waals surface area (Å²) >= 11 is 0. The largest absolute Gasteiger partial charge is 0.352 e. The quantitative estimate of drug-likeness (QED) is 0.713. The lowest BCUT2D eigenvalue weighted by molar-refractivity contribution is -0.117. The number of ketones is 1. The molecule has 0 rings (SSSR count). The Balaban J connectivity index is -0.000000141. The summed E-state index contributed by atoms with van der Waals surface area (Å²) in [5.74, 6) is 0.220. The van der Waals surface area contributed by atoms with Crippen molar-refractivity contribution in [1.29, 1.82) is 0 Å². The monoisotopic (exact) mass is 262 g/mol. The first-order valence-corrected chi connectivity index (χ1v) is 7.15. The molecule has 0 aromatic rings. The number of nitrogens with two attached hydrogens (primary N) is 1. The molecule has 4 nitrogen and oxygen atoms in total. The van der Waals surface area contributed by atoms with Gasteiger partial charge in [-0.25, -0.2) is 4.79 Å². The highest BCUT2D eigenvalue weighted by molar-refractivity contribution is 5.75. The third kappa shape index (κ3) is 46.1. The predicted molar refractivity (Wildman–Crippen MR) is 80.8 cm³/mol. The van der Waals surface area contributed by atoms with Gasteiger partial charge in [-0.15, -0.1) is 0 Å². The molecule has 0 atom stereocenters. The van der Waals surface area contributed by atoms with Gasteiger partial charge < -0.3 is 15.8 Å². The Hall–Kier alpha value is -1.06. The third-order valence-electron chi connectivity index (χ3n) is 1.50. The second-order valence-electron chi connectivity index (χ2n) is 2.80. The average molecular weight is 262 g/mol. The molecule has 0 aromatic heterocycles. The van der Waals surface area contributed by atoms with Gasteiger partial charge in [-0.2, -0.15) is 0 Å². The van der Waals surface area contributed by atoms with Gasteiger partial charge >= 0.3 is 6.03 Å². The van der Waals surface area contributed by atoms with Crippen LogP contribution in [0.4, 0.5) is 4.79 Å². The van der Waals surface area contributed by atoms with Crippen LogP contribution in [-0.2, 0) is 4.79 Å². The predicted octanol–water partition coefficient (Wildman–Crippen LogP) is 3.88. The average Bonchev–Trinajstić information content (AvgIpc) is 2.40. The third-order valence-corrected chi connectivity index (χ3v) is 1.50. The first-order chi connectivity index (χ1) is 8.63. The summed E-state index contributed by atoms with van der Waals surface area (Å²) in [7, 11) is 0. The molecule has 0 heterocycles. The lowest BCUT2D eigenvalue weighted by Crippen LogP contribution is -2.29. The second kappa shape index (κ2) is 29.7. The highest BCUT2D eigenvalue weighted by Crippen LogP contribution is 1.98. The number of hydrogen-bond acceptors (Lipinski definition) is 2. The van der Waals surface area contributed by atoms with Crippen molar-refractivity contribution < 1.29 is 9.59 Å². The van der Waals surface area contributed by atoms with Gasteiger partial charge in [-0.3, -0.25) is 0 Å². The lowest BCUT2D eigenvalue weighted by atomic mass is 10.1. The van der Waals surface area contributed by atoms with E-state index in [0.717, 1.165) is 19.3 Å². The zero-order chi connectivity index (χ0) is 15.4. The van der Waals surface area contributed by atoms with Crippen LogP contribution in [0.15, 0.2) is 0 Å². The molecular formula is C14H34N2O2. The van der Waals surface area contributed by atoms with Crippen molar-refractivity contribution in [2.24, 2.45) is 5.73 Å². The van der Waals surface area contributed by atoms with Gasteiger partial charge in [0.1, 0.15) is 5.78 Å². The van der Waals surface area contributed by atoms with E-state index < -0.39 is 6.03 Å². The van der Waals surface area contributed by atoms with Crippen LogP contribution in [0.25, 0.3) is 0 Å². The Morgan fingerprint density at radius 1 is 0.889 bits per heavy atom. The van der Waals surface area contributed by atoms with Crippen molar-refractivity contribution in [3.05, 3.63) is 0 Å². The molecule has 18 heavy (non-hydrogen) atoms.